The molecule has 0 rings (SSSR count). The summed E-state index contributed by atoms with van der Waals surface area (Å²) in [4.78, 5) is 9.60. The van der Waals surface area contributed by atoms with Crippen LogP contribution in [0.2, 0.25) is 0 Å². The minimum atomic E-state index is -0.204. The van der Waals surface area contributed by atoms with Crippen LogP contribution in [0, 0.1) is 0 Å². The Morgan fingerprint density at radius 3 is 2.00 bits per heavy atom. The first-order chi connectivity index (χ1) is 2.27. The number of carbonyl (C=O) groups excluding carboxylic acids is 1. The van der Waals surface area contributed by atoms with E-state index in [9.17, 15) is 4.79 Å². The third kappa shape index (κ3) is 8.82. The molecule has 0 aromatic rings. The Hall–Kier alpha value is 0.547. The minimum absolute atomic E-state index is 0. The van der Waals surface area contributed by atoms with Gasteiger partial charge in [0.2, 0.25) is 0 Å². The zero-order valence-corrected chi connectivity index (χ0v) is 5.32. The molecule has 0 aromatic heterocycles. The van der Waals surface area contributed by atoms with E-state index in [-0.39, 0.29) is 24.8 Å². The maximum Gasteiger partial charge on any atom is 1.00 e. The fourth-order valence-electron chi connectivity index (χ4n) is 0. The van der Waals surface area contributed by atoms with E-state index in [0.29, 0.717) is 0 Å². The summed E-state index contributed by atoms with van der Waals surface area (Å²) < 4.78 is 3.06. The summed E-state index contributed by atoms with van der Waals surface area (Å²) in [5, 5.41) is 0. The maximum atomic E-state index is 9.60. The Labute approximate surface area is 57.2 Å². The van der Waals surface area contributed by atoms with Gasteiger partial charge in [-0.15, -0.1) is 0 Å². The van der Waals surface area contributed by atoms with Crippen molar-refractivity contribution in [2.75, 3.05) is 0 Å². The molecule has 0 atom stereocenters. The van der Waals surface area contributed by atoms with Crippen molar-refractivity contribution in [2.45, 2.75) is 6.92 Å². The Kier molecular flexibility index (Phi) is 9.01. The van der Waals surface area contributed by atoms with Gasteiger partial charge in [0, 0.05) is 0 Å². The smallest absolute Gasteiger partial charge is 0.592 e. The van der Waals surface area contributed by atoms with Gasteiger partial charge in [-0.1, -0.05) is 0 Å². The van der Waals surface area contributed by atoms with Crippen LogP contribution in [0.4, 0.5) is 0 Å². The summed E-state index contributed by atoms with van der Waals surface area (Å²) in [6, 6.07) is 0. The van der Waals surface area contributed by atoms with Gasteiger partial charge in [-0.2, -0.15) is 0 Å². The van der Waals surface area contributed by atoms with E-state index >= 15 is 0 Å². The van der Waals surface area contributed by atoms with Gasteiger partial charge in [0.05, 0.1) is 5.91 Å². The van der Waals surface area contributed by atoms with Gasteiger partial charge in [0.1, 0.15) is 0 Å². The molecule has 0 aliphatic heterocycles. The molecule has 0 aliphatic rings. The molecule has 0 bridgehead atoms. The van der Waals surface area contributed by atoms with Crippen molar-refractivity contribution in [3.05, 3.63) is 4.34 Å². The fourth-order valence-corrected chi connectivity index (χ4v) is 0. The third-order valence-corrected chi connectivity index (χ3v) is 0.618. The molecule has 0 aromatic carbocycles. The Morgan fingerprint density at radius 1 is 1.83 bits per heavy atom. The van der Waals surface area contributed by atoms with Crippen LogP contribution in [0.25, 0.3) is 4.34 Å². The standard InChI is InChI=1S/C2H4BrNO.Li/c1-2(5)4-3;/h1H3,(H,4,5);/q;+1/p-1. The van der Waals surface area contributed by atoms with Crippen LogP contribution in [0.1, 0.15) is 6.92 Å². The number of halogens is 1. The molecule has 0 saturated heterocycles. The molecule has 30 valence electrons. The van der Waals surface area contributed by atoms with E-state index in [2.05, 4.69) is 20.5 Å². The molecular weight excluding hydrogens is 141 g/mol. The second-order valence-corrected chi connectivity index (χ2v) is 0.958. The van der Waals surface area contributed by atoms with Gasteiger partial charge >= 0.3 is 18.9 Å². The van der Waals surface area contributed by atoms with E-state index < -0.39 is 0 Å². The van der Waals surface area contributed by atoms with Crippen LogP contribution in [0.5, 0.6) is 0 Å². The molecule has 6 heavy (non-hydrogen) atoms. The van der Waals surface area contributed by atoms with Crippen LogP contribution in [-0.2, 0) is 4.79 Å². The molecule has 0 aliphatic carbocycles. The van der Waals surface area contributed by atoms with Gasteiger partial charge in [0.25, 0.3) is 0 Å². The van der Waals surface area contributed by atoms with Crippen molar-refractivity contribution in [1.82, 2.24) is 0 Å². The van der Waals surface area contributed by atoms with Crippen molar-refractivity contribution in [2.24, 2.45) is 0 Å². The number of amides is 1. The van der Waals surface area contributed by atoms with Crippen molar-refractivity contribution < 1.29 is 23.7 Å². The van der Waals surface area contributed by atoms with E-state index in [0.717, 1.165) is 0 Å². The van der Waals surface area contributed by atoms with Crippen molar-refractivity contribution in [1.29, 1.82) is 0 Å². The third-order valence-electron chi connectivity index (χ3n) is 0.119. The molecule has 0 saturated carbocycles. The minimum Gasteiger partial charge on any atom is -0.592 e. The van der Waals surface area contributed by atoms with Gasteiger partial charge in [-0.3, -0.25) is 0 Å². The summed E-state index contributed by atoms with van der Waals surface area (Å²) in [7, 11) is 0. The number of hydrogen-bond acceptors (Lipinski definition) is 1. The van der Waals surface area contributed by atoms with Gasteiger partial charge in [-0.25, -0.2) is 16.1 Å². The maximum absolute atomic E-state index is 9.60. The molecule has 1 amide bonds. The van der Waals surface area contributed by atoms with Gasteiger partial charge in [-0.05, 0) is 6.92 Å². The summed E-state index contributed by atoms with van der Waals surface area (Å²) in [6.45, 7) is 1.37. The first kappa shape index (κ1) is 9.74. The average Bonchev–Trinajstić information content (AvgIpc) is 1.38. The van der Waals surface area contributed by atoms with Crippen molar-refractivity contribution >= 4 is 22.1 Å². The monoisotopic (exact) mass is 143 g/mol. The largest absolute Gasteiger partial charge is 1.00 e. The van der Waals surface area contributed by atoms with E-state index in [1.165, 1.54) is 6.92 Å². The topological polar surface area (TPSA) is 31.2 Å². The van der Waals surface area contributed by atoms with Crippen LogP contribution in [0.15, 0.2) is 0 Å². The Balaban J connectivity index is 0. The summed E-state index contributed by atoms with van der Waals surface area (Å²) >= 11 is 2.59. The quantitative estimate of drug-likeness (QED) is 0.369. The van der Waals surface area contributed by atoms with E-state index in [4.69, 9.17) is 0 Å². The Morgan fingerprint density at radius 2 is 2.00 bits per heavy atom. The van der Waals surface area contributed by atoms with Crippen LogP contribution in [-0.4, -0.2) is 5.91 Å². The normalized spacial score (nSPS) is 5.67. The molecule has 2 nitrogen and oxygen atoms in total. The average molecular weight is 144 g/mol. The SMILES string of the molecule is CC(=O)[N-]Br.[Li+]. The number of hydrogen-bond donors (Lipinski definition) is 0. The zero-order valence-electron chi connectivity index (χ0n) is 3.73. The Bertz CT molecular complexity index is 48.8. The molecule has 4 heteroatoms. The zero-order chi connectivity index (χ0) is 4.28. The van der Waals surface area contributed by atoms with E-state index in [1.807, 2.05) is 0 Å². The summed E-state index contributed by atoms with van der Waals surface area (Å²) in [5.41, 5.74) is 0. The second kappa shape index (κ2) is 5.55. The van der Waals surface area contributed by atoms with Crippen molar-refractivity contribution in [3.8, 4) is 0 Å². The van der Waals surface area contributed by atoms with Gasteiger partial charge < -0.3 is 9.14 Å². The molecule has 0 N–H and O–H groups in total. The predicted octanol–water partition coefficient (Wildman–Crippen LogP) is -1.78. The summed E-state index contributed by atoms with van der Waals surface area (Å²) in [5.74, 6) is -0.204. The van der Waals surface area contributed by atoms with Crippen LogP contribution < -0.4 is 18.9 Å². The van der Waals surface area contributed by atoms with Gasteiger partial charge in [0.15, 0.2) is 0 Å². The molecule has 0 fully saturated rings. The van der Waals surface area contributed by atoms with Crippen LogP contribution in [0.3, 0.4) is 0 Å². The molecule has 0 spiro atoms. The predicted molar refractivity (Wildman–Crippen MR) is 23.0 cm³/mol. The molecule has 0 radical (unpaired) electrons. The first-order valence-corrected chi connectivity index (χ1v) is 1.81. The number of rotatable bonds is 0. The van der Waals surface area contributed by atoms with Crippen molar-refractivity contribution in [3.63, 3.8) is 0 Å². The molecule has 0 heterocycles. The van der Waals surface area contributed by atoms with E-state index in [1.54, 1.807) is 0 Å². The molecular formula is C2H3BrLiNO. The summed E-state index contributed by atoms with van der Waals surface area (Å²) in [6.07, 6.45) is 0. The number of nitrogens with zero attached hydrogens (tertiary/aromatic N) is 1. The fraction of sp³-hybridized carbons (Fsp3) is 0.500. The number of carbonyl (C=O) groups is 1. The van der Waals surface area contributed by atoms with Crippen LogP contribution >= 0.6 is 16.1 Å². The molecule has 0 unspecified atom stereocenters. The first-order valence-electron chi connectivity index (χ1n) is 1.10. The second-order valence-electron chi connectivity index (χ2n) is 0.604.